The lowest BCUT2D eigenvalue weighted by atomic mass is 10.0. The normalized spacial score (nSPS) is 25.0. The van der Waals surface area contributed by atoms with Crippen molar-refractivity contribution in [1.82, 2.24) is 20.9 Å². The smallest absolute Gasteiger partial charge is 0.255 e. The molecule has 1 aromatic carbocycles. The minimum absolute atomic E-state index is 0.101. The third-order valence-electron chi connectivity index (χ3n) is 6.04. The Hall–Kier alpha value is -2.25. The second kappa shape index (κ2) is 8.41. The molecular weight excluding hydrogens is 356 g/mol. The van der Waals surface area contributed by atoms with Crippen molar-refractivity contribution in [3.8, 4) is 0 Å². The van der Waals surface area contributed by atoms with Crippen LogP contribution in [0.15, 0.2) is 18.2 Å². The fourth-order valence-corrected chi connectivity index (χ4v) is 4.51. The molecule has 3 aliphatic rings. The van der Waals surface area contributed by atoms with E-state index in [-0.39, 0.29) is 24.1 Å². The number of hydrogen-bond donors (Lipinski definition) is 3. The van der Waals surface area contributed by atoms with Crippen LogP contribution in [-0.4, -0.2) is 47.8 Å². The minimum atomic E-state index is -0.559. The van der Waals surface area contributed by atoms with Gasteiger partial charge in [0.2, 0.25) is 11.8 Å². The zero-order chi connectivity index (χ0) is 19.5. The highest BCUT2D eigenvalue weighted by molar-refractivity contribution is 6.05. The molecule has 0 aliphatic carbocycles. The van der Waals surface area contributed by atoms with Crippen LogP contribution in [0.5, 0.6) is 0 Å². The van der Waals surface area contributed by atoms with Gasteiger partial charge in [0.1, 0.15) is 6.04 Å². The van der Waals surface area contributed by atoms with Crippen LogP contribution in [0.25, 0.3) is 0 Å². The van der Waals surface area contributed by atoms with E-state index in [9.17, 15) is 14.4 Å². The van der Waals surface area contributed by atoms with Gasteiger partial charge in [-0.1, -0.05) is 24.6 Å². The molecule has 2 atom stereocenters. The third-order valence-corrected chi connectivity index (χ3v) is 6.04. The largest absolute Gasteiger partial charge is 0.322 e. The van der Waals surface area contributed by atoms with E-state index in [0.29, 0.717) is 25.6 Å². The molecule has 0 bridgehead atoms. The van der Waals surface area contributed by atoms with Gasteiger partial charge in [-0.25, -0.2) is 0 Å². The van der Waals surface area contributed by atoms with E-state index in [1.165, 1.54) is 19.3 Å². The van der Waals surface area contributed by atoms with Gasteiger partial charge in [-0.3, -0.25) is 19.7 Å². The topological polar surface area (TPSA) is 90.5 Å². The van der Waals surface area contributed by atoms with Crippen molar-refractivity contribution >= 4 is 17.7 Å². The summed E-state index contributed by atoms with van der Waals surface area (Å²) in [6, 6.07) is 5.94. The van der Waals surface area contributed by atoms with Crippen LogP contribution in [0.3, 0.4) is 0 Å². The number of amides is 3. The summed E-state index contributed by atoms with van der Waals surface area (Å²) in [5.74, 6) is -0.726. The van der Waals surface area contributed by atoms with Gasteiger partial charge in [0, 0.05) is 31.1 Å². The van der Waals surface area contributed by atoms with Gasteiger partial charge in [0.05, 0.1) is 0 Å². The van der Waals surface area contributed by atoms with E-state index >= 15 is 0 Å². The van der Waals surface area contributed by atoms with E-state index in [4.69, 9.17) is 0 Å². The first-order chi connectivity index (χ1) is 13.6. The van der Waals surface area contributed by atoms with Gasteiger partial charge in [-0.2, -0.15) is 0 Å². The Morgan fingerprint density at radius 3 is 2.82 bits per heavy atom. The molecule has 7 nitrogen and oxygen atoms in total. The lowest BCUT2D eigenvalue weighted by Gasteiger charge is -2.29. The number of benzene rings is 1. The van der Waals surface area contributed by atoms with Crippen molar-refractivity contribution in [1.29, 1.82) is 0 Å². The maximum absolute atomic E-state index is 13.0. The summed E-state index contributed by atoms with van der Waals surface area (Å²) >= 11 is 0. The Morgan fingerprint density at radius 2 is 2.04 bits per heavy atom. The van der Waals surface area contributed by atoms with Gasteiger partial charge in [0.25, 0.3) is 5.91 Å². The number of carbonyl (C=O) groups is 3. The van der Waals surface area contributed by atoms with Gasteiger partial charge in [-0.15, -0.1) is 0 Å². The Morgan fingerprint density at radius 1 is 1.14 bits per heavy atom. The SMILES string of the molecule is O=C1CCC(N2Cc3cccc(CNCCC4CCCCN4)c3C2=O)C(=O)N1. The van der Waals surface area contributed by atoms with Crippen molar-refractivity contribution in [3.05, 3.63) is 34.9 Å². The summed E-state index contributed by atoms with van der Waals surface area (Å²) in [5.41, 5.74) is 2.66. The summed E-state index contributed by atoms with van der Waals surface area (Å²) in [6.45, 7) is 3.10. The Labute approximate surface area is 165 Å². The van der Waals surface area contributed by atoms with Crippen LogP contribution < -0.4 is 16.0 Å². The summed E-state index contributed by atoms with van der Waals surface area (Å²) in [6.07, 6.45) is 5.57. The molecule has 3 aliphatic heterocycles. The molecule has 2 saturated heterocycles. The highest BCUT2D eigenvalue weighted by Crippen LogP contribution is 2.29. The predicted octanol–water partition coefficient (Wildman–Crippen LogP) is 1.07. The predicted molar refractivity (Wildman–Crippen MR) is 104 cm³/mol. The molecule has 0 radical (unpaired) electrons. The maximum Gasteiger partial charge on any atom is 0.255 e. The van der Waals surface area contributed by atoms with E-state index in [0.717, 1.165) is 36.2 Å². The highest BCUT2D eigenvalue weighted by Gasteiger charge is 2.39. The molecule has 4 rings (SSSR count). The number of imide groups is 1. The molecule has 2 fully saturated rings. The molecule has 2 unspecified atom stereocenters. The monoisotopic (exact) mass is 384 g/mol. The van der Waals surface area contributed by atoms with Crippen molar-refractivity contribution in [2.45, 2.75) is 63.7 Å². The Balaban J connectivity index is 1.37. The molecule has 3 heterocycles. The van der Waals surface area contributed by atoms with Crippen molar-refractivity contribution in [2.24, 2.45) is 0 Å². The maximum atomic E-state index is 13.0. The molecule has 150 valence electrons. The highest BCUT2D eigenvalue weighted by atomic mass is 16.2. The standard InChI is InChI=1S/C21H28N4O3/c26-18-8-7-17(20(27)24-18)25-13-15-5-3-4-14(19(15)21(25)28)12-22-11-9-16-6-1-2-10-23-16/h3-5,16-17,22-23H,1-2,6-13H2,(H,24,26,27). The van der Waals surface area contributed by atoms with Gasteiger partial charge in [0.15, 0.2) is 0 Å². The fourth-order valence-electron chi connectivity index (χ4n) is 4.51. The van der Waals surface area contributed by atoms with Crippen LogP contribution in [-0.2, 0) is 22.7 Å². The molecule has 28 heavy (non-hydrogen) atoms. The first-order valence-electron chi connectivity index (χ1n) is 10.3. The van der Waals surface area contributed by atoms with Gasteiger partial charge >= 0.3 is 0 Å². The van der Waals surface area contributed by atoms with E-state index in [2.05, 4.69) is 16.0 Å². The van der Waals surface area contributed by atoms with E-state index < -0.39 is 6.04 Å². The second-order valence-corrected chi connectivity index (χ2v) is 7.96. The number of piperidine rings is 2. The summed E-state index contributed by atoms with van der Waals surface area (Å²) in [5, 5.41) is 9.38. The molecule has 1 aromatic rings. The summed E-state index contributed by atoms with van der Waals surface area (Å²) < 4.78 is 0. The van der Waals surface area contributed by atoms with Gasteiger partial charge in [-0.05, 0) is 49.9 Å². The number of fused-ring (bicyclic) bond motifs is 1. The average molecular weight is 384 g/mol. The second-order valence-electron chi connectivity index (χ2n) is 7.96. The first kappa shape index (κ1) is 19.1. The lowest BCUT2D eigenvalue weighted by molar-refractivity contribution is -0.136. The molecular formula is C21H28N4O3. The zero-order valence-corrected chi connectivity index (χ0v) is 16.1. The molecule has 3 N–H and O–H groups in total. The fraction of sp³-hybridized carbons (Fsp3) is 0.571. The van der Waals surface area contributed by atoms with E-state index in [1.807, 2.05) is 18.2 Å². The van der Waals surface area contributed by atoms with Crippen molar-refractivity contribution in [3.63, 3.8) is 0 Å². The van der Waals surface area contributed by atoms with Crippen LogP contribution in [0, 0.1) is 0 Å². The van der Waals surface area contributed by atoms with Crippen LogP contribution in [0.1, 0.15) is 60.0 Å². The van der Waals surface area contributed by atoms with Crippen LogP contribution >= 0.6 is 0 Å². The first-order valence-corrected chi connectivity index (χ1v) is 10.3. The number of carbonyl (C=O) groups excluding carboxylic acids is 3. The number of hydrogen-bond acceptors (Lipinski definition) is 5. The summed E-state index contributed by atoms with van der Waals surface area (Å²) in [4.78, 5) is 38.3. The Kier molecular flexibility index (Phi) is 5.73. The number of nitrogens with one attached hydrogen (secondary N) is 3. The molecule has 0 saturated carbocycles. The quantitative estimate of drug-likeness (QED) is 0.504. The molecule has 7 heteroatoms. The van der Waals surface area contributed by atoms with Crippen LogP contribution in [0.4, 0.5) is 0 Å². The third kappa shape index (κ3) is 3.95. The Bertz CT molecular complexity index is 773. The molecule has 0 spiro atoms. The molecule has 0 aromatic heterocycles. The summed E-state index contributed by atoms with van der Waals surface area (Å²) in [7, 11) is 0. The van der Waals surface area contributed by atoms with Crippen molar-refractivity contribution in [2.75, 3.05) is 13.1 Å². The number of nitrogens with zero attached hydrogens (tertiary/aromatic N) is 1. The lowest BCUT2D eigenvalue weighted by Crippen LogP contribution is -2.52. The minimum Gasteiger partial charge on any atom is -0.322 e. The van der Waals surface area contributed by atoms with E-state index in [1.54, 1.807) is 4.90 Å². The van der Waals surface area contributed by atoms with Gasteiger partial charge < -0.3 is 15.5 Å². The average Bonchev–Trinajstić information content (AvgIpc) is 3.03. The van der Waals surface area contributed by atoms with Crippen molar-refractivity contribution < 1.29 is 14.4 Å². The zero-order valence-electron chi connectivity index (χ0n) is 16.1. The molecule has 3 amide bonds. The number of rotatable bonds is 6. The van der Waals surface area contributed by atoms with Crippen LogP contribution in [0.2, 0.25) is 0 Å².